The molecule has 0 unspecified atom stereocenters. The van der Waals surface area contributed by atoms with E-state index in [9.17, 15) is 0 Å². The number of aliphatic carboxylic acids is 4. The summed E-state index contributed by atoms with van der Waals surface area (Å²) < 4.78 is 0. The van der Waals surface area contributed by atoms with Crippen LogP contribution in [0.15, 0.2) is 0 Å². The summed E-state index contributed by atoms with van der Waals surface area (Å²) in [6.45, 7) is 0. The zero-order chi connectivity index (χ0) is 10.3. The fraction of sp³-hybridized carbons (Fsp3) is 0. The molecule has 0 spiro atoms. The Morgan fingerprint density at radius 2 is 0.615 bits per heavy atom. The van der Waals surface area contributed by atoms with Gasteiger partial charge in [-0.25, -0.2) is 0 Å². The Morgan fingerprint density at radius 3 is 0.615 bits per heavy atom. The molecule has 0 aromatic heterocycles. The monoisotopic (exact) mass is 231 g/mol. The van der Waals surface area contributed by atoms with E-state index in [2.05, 4.69) is 0 Å². The first kappa shape index (κ1) is 17.5. The maximum Gasteiger partial charge on any atom is 0.0870 e. The summed E-state index contributed by atoms with van der Waals surface area (Å²) in [5.74, 6) is -8.74. The molecule has 13 heavy (non-hydrogen) atoms. The molecule has 1 radical (unpaired) electrons. The number of hydrogen-bond donors (Lipinski definition) is 0. The van der Waals surface area contributed by atoms with Crippen LogP contribution in [-0.2, 0) is 36.2 Å². The smallest absolute Gasteiger partial charge is 0.0870 e. The van der Waals surface area contributed by atoms with Crippen molar-refractivity contribution in [3.63, 3.8) is 0 Å². The normalized spacial score (nSPS) is 6.77. The summed E-state index contributed by atoms with van der Waals surface area (Å²) in [5.41, 5.74) is 0. The van der Waals surface area contributed by atoms with Crippen molar-refractivity contribution in [2.24, 2.45) is 0 Å². The van der Waals surface area contributed by atoms with Crippen LogP contribution in [0.25, 0.3) is 0 Å². The summed E-state index contributed by atoms with van der Waals surface area (Å²) in [4.78, 5) is 35.7. The average Bonchev–Trinajstić information content (AvgIpc) is 1.88. The molecule has 0 aromatic carbocycles. The van der Waals surface area contributed by atoms with Crippen molar-refractivity contribution < 1.29 is 56.7 Å². The largest absolute Gasteiger partial charge is 0.543 e. The molecule has 8 nitrogen and oxygen atoms in total. The van der Waals surface area contributed by atoms with E-state index in [1.165, 1.54) is 0 Å². The zero-order valence-corrected chi connectivity index (χ0v) is 6.82. The van der Waals surface area contributed by atoms with E-state index in [1.807, 2.05) is 0 Å². The third-order valence-electron chi connectivity index (χ3n) is 0.333. The van der Waals surface area contributed by atoms with E-state index in [4.69, 9.17) is 39.6 Å². The van der Waals surface area contributed by atoms with E-state index in [1.54, 1.807) is 0 Å². The number of rotatable bonds is 0. The molecule has 0 amide bonds. The Hall–Kier alpha value is -1.60. The Balaban J connectivity index is -0.000000143. The van der Waals surface area contributed by atoms with Gasteiger partial charge in [0.15, 0.2) is 0 Å². The maximum absolute atomic E-state index is 8.93. The predicted octanol–water partition coefficient (Wildman–Crippen LogP) is -7.03. The van der Waals surface area contributed by atoms with E-state index in [0.717, 1.165) is 0 Å². The van der Waals surface area contributed by atoms with Crippen LogP contribution in [0.2, 0.25) is 0 Å². The van der Waals surface area contributed by atoms with Crippen molar-refractivity contribution in [3.8, 4) is 0 Å². The van der Waals surface area contributed by atoms with Gasteiger partial charge in [0.05, 0.1) is 23.9 Å². The summed E-state index contributed by atoms with van der Waals surface area (Å²) in [6.07, 6.45) is 0. The first-order chi connectivity index (χ1) is 5.29. The molecule has 0 N–H and O–H groups in total. The third kappa shape index (κ3) is 17.9. The minimum atomic E-state index is -2.19. The van der Waals surface area contributed by atoms with Gasteiger partial charge >= 0.3 is 0 Å². The van der Waals surface area contributed by atoms with Crippen LogP contribution in [0.4, 0.5) is 0 Å². The maximum atomic E-state index is 8.93. The second-order valence-electron chi connectivity index (χ2n) is 1.15. The molecular formula is C4MnO8-4. The van der Waals surface area contributed by atoms with Crippen molar-refractivity contribution in [3.05, 3.63) is 0 Å². The van der Waals surface area contributed by atoms with Crippen LogP contribution in [0.1, 0.15) is 0 Å². The molecule has 9 heteroatoms. The van der Waals surface area contributed by atoms with Gasteiger partial charge in [-0.1, -0.05) is 0 Å². The topological polar surface area (TPSA) is 161 Å². The van der Waals surface area contributed by atoms with Gasteiger partial charge in [0.25, 0.3) is 0 Å². The van der Waals surface area contributed by atoms with Crippen LogP contribution < -0.4 is 20.4 Å². The Labute approximate surface area is 81.3 Å². The van der Waals surface area contributed by atoms with Gasteiger partial charge in [0, 0.05) is 17.1 Å². The Kier molecular flexibility index (Phi) is 11.4. The molecule has 0 bridgehead atoms. The molecule has 0 fully saturated rings. The fourth-order valence-electron chi connectivity index (χ4n) is 0. The number of carboxylic acid groups (broad SMARTS) is 4. The van der Waals surface area contributed by atoms with Crippen molar-refractivity contribution in [2.45, 2.75) is 0 Å². The van der Waals surface area contributed by atoms with Crippen LogP contribution in [-0.4, -0.2) is 23.9 Å². The standard InChI is InChI=1S/2C2H2O4.Mn/c2*3-1(4)2(5)6;/h2*(H,3,4)(H,5,6);/p-4. The van der Waals surface area contributed by atoms with Crippen LogP contribution >= 0.6 is 0 Å². The van der Waals surface area contributed by atoms with Crippen LogP contribution in [0, 0.1) is 0 Å². The van der Waals surface area contributed by atoms with Crippen LogP contribution in [0.5, 0.6) is 0 Å². The fourth-order valence-corrected chi connectivity index (χ4v) is 0. The minimum Gasteiger partial charge on any atom is -0.543 e. The quantitative estimate of drug-likeness (QED) is 0.293. The Morgan fingerprint density at radius 1 is 0.538 bits per heavy atom. The molecule has 75 valence electrons. The predicted molar refractivity (Wildman–Crippen MR) is 20.0 cm³/mol. The van der Waals surface area contributed by atoms with Gasteiger partial charge in [-0.2, -0.15) is 0 Å². The van der Waals surface area contributed by atoms with Gasteiger partial charge < -0.3 is 39.6 Å². The minimum absolute atomic E-state index is 0. The zero-order valence-electron chi connectivity index (χ0n) is 5.64. The van der Waals surface area contributed by atoms with Crippen molar-refractivity contribution in [2.75, 3.05) is 0 Å². The van der Waals surface area contributed by atoms with Crippen LogP contribution in [0.3, 0.4) is 0 Å². The number of hydrogen-bond acceptors (Lipinski definition) is 8. The molecule has 0 saturated carbocycles. The van der Waals surface area contributed by atoms with E-state index >= 15 is 0 Å². The molecule has 0 saturated heterocycles. The molecule has 0 aliphatic rings. The molecule has 0 aliphatic carbocycles. The molecule has 0 rings (SSSR count). The van der Waals surface area contributed by atoms with Gasteiger partial charge in [-0.05, 0) is 0 Å². The summed E-state index contributed by atoms with van der Waals surface area (Å²) in [7, 11) is 0. The first-order valence-corrected chi connectivity index (χ1v) is 2.13. The Bertz CT molecular complexity index is 172. The molecule has 0 aromatic rings. The van der Waals surface area contributed by atoms with Gasteiger partial charge in [0.1, 0.15) is 0 Å². The van der Waals surface area contributed by atoms with Gasteiger partial charge in [-0.3, -0.25) is 0 Å². The van der Waals surface area contributed by atoms with Crippen molar-refractivity contribution >= 4 is 23.9 Å². The van der Waals surface area contributed by atoms with Gasteiger partial charge in [0.2, 0.25) is 0 Å². The van der Waals surface area contributed by atoms with E-state index in [-0.39, 0.29) is 17.1 Å². The second kappa shape index (κ2) is 8.50. The molecule has 0 heterocycles. The number of carboxylic acids is 4. The second-order valence-corrected chi connectivity index (χ2v) is 1.15. The number of carbonyl (C=O) groups excluding carboxylic acids is 4. The molecule has 0 atom stereocenters. The van der Waals surface area contributed by atoms with Gasteiger partial charge in [-0.15, -0.1) is 0 Å². The molecular weight excluding hydrogens is 231 g/mol. The van der Waals surface area contributed by atoms with Crippen molar-refractivity contribution in [1.82, 2.24) is 0 Å². The molecule has 0 aliphatic heterocycles. The summed E-state index contributed by atoms with van der Waals surface area (Å²) >= 11 is 0. The summed E-state index contributed by atoms with van der Waals surface area (Å²) in [5, 5.41) is 35.7. The average molecular weight is 231 g/mol. The van der Waals surface area contributed by atoms with E-state index in [0.29, 0.717) is 0 Å². The van der Waals surface area contributed by atoms with E-state index < -0.39 is 23.9 Å². The number of carbonyl (C=O) groups is 4. The van der Waals surface area contributed by atoms with Crippen molar-refractivity contribution in [1.29, 1.82) is 0 Å². The third-order valence-corrected chi connectivity index (χ3v) is 0.333. The first-order valence-electron chi connectivity index (χ1n) is 2.13. The summed E-state index contributed by atoms with van der Waals surface area (Å²) in [6, 6.07) is 0. The SMILES string of the molecule is O=C([O-])C(=O)[O-].O=C([O-])C(=O)[O-].[Mn].